The van der Waals surface area contributed by atoms with Gasteiger partial charge in [-0.15, -0.1) is 0 Å². The van der Waals surface area contributed by atoms with Crippen molar-refractivity contribution in [1.29, 1.82) is 0 Å². The van der Waals surface area contributed by atoms with Gasteiger partial charge in [-0.2, -0.15) is 0 Å². The number of hydrogen-bond donors (Lipinski definition) is 1. The lowest BCUT2D eigenvalue weighted by atomic mass is 10.1. The molecule has 0 amide bonds. The highest BCUT2D eigenvalue weighted by molar-refractivity contribution is 5.85. The zero-order valence-electron chi connectivity index (χ0n) is 10.7. The molecule has 0 heterocycles. The topological polar surface area (TPSA) is 55.8 Å². The predicted octanol–water partition coefficient (Wildman–Crippen LogP) is 2.37. The van der Waals surface area contributed by atoms with Gasteiger partial charge in [-0.3, -0.25) is 0 Å². The van der Waals surface area contributed by atoms with E-state index < -0.39 is 5.97 Å². The summed E-state index contributed by atoms with van der Waals surface area (Å²) in [5, 5.41) is 8.59. The fraction of sp³-hybridized carbons (Fsp3) is 0.357. The third-order valence-corrected chi connectivity index (χ3v) is 2.44. The van der Waals surface area contributed by atoms with Crippen LogP contribution in [0, 0.1) is 0 Å². The van der Waals surface area contributed by atoms with Gasteiger partial charge >= 0.3 is 5.97 Å². The van der Waals surface area contributed by atoms with Crippen LogP contribution in [0.1, 0.15) is 18.1 Å². The van der Waals surface area contributed by atoms with Crippen LogP contribution >= 0.6 is 0 Å². The summed E-state index contributed by atoms with van der Waals surface area (Å²) in [7, 11) is 1.62. The number of methoxy groups -OCH3 is 1. The summed E-state index contributed by atoms with van der Waals surface area (Å²) in [6.07, 6.45) is 3.42. The molecule has 0 atom stereocenters. The van der Waals surface area contributed by atoms with Crippen LogP contribution in [0.5, 0.6) is 5.75 Å². The fourth-order valence-corrected chi connectivity index (χ4v) is 1.59. The van der Waals surface area contributed by atoms with Gasteiger partial charge in [-0.25, -0.2) is 4.79 Å². The molecular formula is C14H18O4. The Morgan fingerprint density at radius 2 is 2.22 bits per heavy atom. The molecule has 1 N–H and O–H groups in total. The number of rotatable bonds is 7. The van der Waals surface area contributed by atoms with E-state index in [2.05, 4.69) is 0 Å². The van der Waals surface area contributed by atoms with Crippen molar-refractivity contribution in [1.82, 2.24) is 0 Å². The van der Waals surface area contributed by atoms with Crippen LogP contribution in [0.4, 0.5) is 0 Å². The van der Waals surface area contributed by atoms with Crippen molar-refractivity contribution >= 4 is 12.0 Å². The SMILES string of the molecule is CCOCCc1cc(/C=C/C(=O)O)ccc1OC. The number of ether oxygens (including phenoxy) is 2. The Morgan fingerprint density at radius 3 is 2.83 bits per heavy atom. The van der Waals surface area contributed by atoms with Gasteiger partial charge in [0.25, 0.3) is 0 Å². The highest BCUT2D eigenvalue weighted by Crippen LogP contribution is 2.21. The van der Waals surface area contributed by atoms with Gasteiger partial charge in [-0.05, 0) is 42.7 Å². The summed E-state index contributed by atoms with van der Waals surface area (Å²) in [6, 6.07) is 5.57. The van der Waals surface area contributed by atoms with Crippen molar-refractivity contribution < 1.29 is 19.4 Å². The quantitative estimate of drug-likeness (QED) is 0.596. The molecule has 4 heteroatoms. The molecule has 4 nitrogen and oxygen atoms in total. The van der Waals surface area contributed by atoms with E-state index in [4.69, 9.17) is 14.6 Å². The molecule has 0 unspecified atom stereocenters. The third kappa shape index (κ3) is 4.59. The minimum absolute atomic E-state index is 0.624. The van der Waals surface area contributed by atoms with E-state index in [0.717, 1.165) is 29.4 Å². The Morgan fingerprint density at radius 1 is 1.44 bits per heavy atom. The molecule has 0 radical (unpaired) electrons. The van der Waals surface area contributed by atoms with E-state index in [1.54, 1.807) is 13.2 Å². The first kappa shape index (κ1) is 14.3. The first-order valence-electron chi connectivity index (χ1n) is 5.83. The molecule has 1 aromatic rings. The van der Waals surface area contributed by atoms with Crippen LogP contribution in [-0.2, 0) is 16.0 Å². The van der Waals surface area contributed by atoms with E-state index in [1.165, 1.54) is 0 Å². The zero-order chi connectivity index (χ0) is 13.4. The van der Waals surface area contributed by atoms with E-state index >= 15 is 0 Å². The molecule has 0 fully saturated rings. The molecule has 0 aromatic heterocycles. The largest absolute Gasteiger partial charge is 0.496 e. The van der Waals surface area contributed by atoms with Crippen LogP contribution in [0.25, 0.3) is 6.08 Å². The molecule has 1 aromatic carbocycles. The van der Waals surface area contributed by atoms with E-state index in [1.807, 2.05) is 25.1 Å². The fourth-order valence-electron chi connectivity index (χ4n) is 1.59. The van der Waals surface area contributed by atoms with Crippen molar-refractivity contribution in [2.45, 2.75) is 13.3 Å². The highest BCUT2D eigenvalue weighted by atomic mass is 16.5. The van der Waals surface area contributed by atoms with Gasteiger partial charge in [0.05, 0.1) is 13.7 Å². The molecule has 1 rings (SSSR count). The van der Waals surface area contributed by atoms with Crippen molar-refractivity contribution in [2.24, 2.45) is 0 Å². The molecule has 18 heavy (non-hydrogen) atoms. The van der Waals surface area contributed by atoms with Crippen LogP contribution < -0.4 is 4.74 Å². The average molecular weight is 250 g/mol. The lowest BCUT2D eigenvalue weighted by molar-refractivity contribution is -0.131. The molecular weight excluding hydrogens is 232 g/mol. The van der Waals surface area contributed by atoms with Gasteiger partial charge in [0, 0.05) is 12.7 Å². The summed E-state index contributed by atoms with van der Waals surface area (Å²) in [4.78, 5) is 10.5. The smallest absolute Gasteiger partial charge is 0.328 e. The van der Waals surface area contributed by atoms with Gasteiger partial charge < -0.3 is 14.6 Å². The lowest BCUT2D eigenvalue weighted by Gasteiger charge is -2.09. The normalized spacial score (nSPS) is 10.8. The maximum absolute atomic E-state index is 10.5. The summed E-state index contributed by atoms with van der Waals surface area (Å²) in [5.74, 6) is -0.163. The van der Waals surface area contributed by atoms with Gasteiger partial charge in [0.2, 0.25) is 0 Å². The van der Waals surface area contributed by atoms with Crippen molar-refractivity contribution in [3.8, 4) is 5.75 Å². The Labute approximate surface area is 107 Å². The van der Waals surface area contributed by atoms with Crippen LogP contribution in [0.15, 0.2) is 24.3 Å². The predicted molar refractivity (Wildman–Crippen MR) is 69.9 cm³/mol. The number of benzene rings is 1. The van der Waals surface area contributed by atoms with Gasteiger partial charge in [-0.1, -0.05) is 6.07 Å². The Hall–Kier alpha value is -1.81. The lowest BCUT2D eigenvalue weighted by Crippen LogP contribution is -2.00. The van der Waals surface area contributed by atoms with E-state index in [9.17, 15) is 4.79 Å². The van der Waals surface area contributed by atoms with Crippen LogP contribution in [0.3, 0.4) is 0 Å². The standard InChI is InChI=1S/C14H18O4/c1-3-18-9-8-12-10-11(5-7-14(15)16)4-6-13(12)17-2/h4-7,10H,3,8-9H2,1-2H3,(H,15,16)/b7-5+. The van der Waals surface area contributed by atoms with Crippen LogP contribution in [0.2, 0.25) is 0 Å². The van der Waals surface area contributed by atoms with E-state index in [0.29, 0.717) is 13.2 Å². The second-order valence-corrected chi connectivity index (χ2v) is 3.69. The Balaban J connectivity index is 2.83. The monoisotopic (exact) mass is 250 g/mol. The van der Waals surface area contributed by atoms with Crippen molar-refractivity contribution in [3.63, 3.8) is 0 Å². The molecule has 0 aliphatic carbocycles. The minimum Gasteiger partial charge on any atom is -0.496 e. The number of hydrogen-bond acceptors (Lipinski definition) is 3. The van der Waals surface area contributed by atoms with Crippen molar-refractivity contribution in [3.05, 3.63) is 35.4 Å². The minimum atomic E-state index is -0.957. The number of carbonyl (C=O) groups is 1. The maximum Gasteiger partial charge on any atom is 0.328 e. The van der Waals surface area contributed by atoms with Gasteiger partial charge in [0.1, 0.15) is 5.75 Å². The Kier molecular flexibility index (Phi) is 5.94. The summed E-state index contributed by atoms with van der Waals surface area (Å²) >= 11 is 0. The zero-order valence-corrected chi connectivity index (χ0v) is 10.7. The second-order valence-electron chi connectivity index (χ2n) is 3.69. The molecule has 0 aliphatic rings. The average Bonchev–Trinajstić information content (AvgIpc) is 2.37. The van der Waals surface area contributed by atoms with Crippen LogP contribution in [-0.4, -0.2) is 31.4 Å². The molecule has 0 saturated carbocycles. The highest BCUT2D eigenvalue weighted by Gasteiger charge is 2.03. The molecule has 0 bridgehead atoms. The molecule has 0 spiro atoms. The van der Waals surface area contributed by atoms with E-state index in [-0.39, 0.29) is 0 Å². The molecule has 98 valence electrons. The molecule has 0 aliphatic heterocycles. The summed E-state index contributed by atoms with van der Waals surface area (Å²) < 4.78 is 10.6. The maximum atomic E-state index is 10.5. The Bertz CT molecular complexity index is 424. The molecule has 0 saturated heterocycles. The first-order chi connectivity index (χ1) is 8.67. The number of aliphatic carboxylic acids is 1. The summed E-state index contributed by atoms with van der Waals surface area (Å²) in [6.45, 7) is 3.25. The second kappa shape index (κ2) is 7.50. The van der Waals surface area contributed by atoms with Crippen molar-refractivity contribution in [2.75, 3.05) is 20.3 Å². The first-order valence-corrected chi connectivity index (χ1v) is 5.83. The number of carboxylic acids is 1. The van der Waals surface area contributed by atoms with Gasteiger partial charge in [0.15, 0.2) is 0 Å². The number of carboxylic acid groups (broad SMARTS) is 1. The summed E-state index contributed by atoms with van der Waals surface area (Å²) in [5.41, 5.74) is 1.85. The third-order valence-electron chi connectivity index (χ3n) is 2.44.